The van der Waals surface area contributed by atoms with Crippen LogP contribution in [-0.4, -0.2) is 27.3 Å². The zero-order chi connectivity index (χ0) is 18.7. The molecule has 1 unspecified atom stereocenters. The number of rotatable bonds is 5. The fraction of sp³-hybridized carbons (Fsp3) is 0.381. The first-order valence-corrected chi connectivity index (χ1v) is 8.84. The summed E-state index contributed by atoms with van der Waals surface area (Å²) < 4.78 is 5.29. The quantitative estimate of drug-likeness (QED) is 0.700. The van der Waals surface area contributed by atoms with Gasteiger partial charge in [-0.15, -0.1) is 10.2 Å². The molecule has 0 spiro atoms. The lowest BCUT2D eigenvalue weighted by Gasteiger charge is -2.21. The summed E-state index contributed by atoms with van der Waals surface area (Å²) in [5, 5.41) is 12.5. The molecule has 1 heterocycles. The minimum Gasteiger partial charge on any atom is -0.497 e. The van der Waals surface area contributed by atoms with Crippen LogP contribution < -0.4 is 4.74 Å². The van der Waals surface area contributed by atoms with Crippen LogP contribution in [0.1, 0.15) is 49.2 Å². The van der Waals surface area contributed by atoms with Gasteiger partial charge in [0.15, 0.2) is 5.82 Å². The molecule has 0 aliphatic rings. The number of benzene rings is 2. The van der Waals surface area contributed by atoms with Gasteiger partial charge in [-0.3, -0.25) is 0 Å². The topological polar surface area (TPSA) is 52.8 Å². The minimum atomic E-state index is 0.139. The van der Waals surface area contributed by atoms with Crippen LogP contribution in [-0.2, 0) is 18.9 Å². The Bertz CT molecular complexity index is 845. The fourth-order valence-corrected chi connectivity index (χ4v) is 3.07. The largest absolute Gasteiger partial charge is 0.497 e. The van der Waals surface area contributed by atoms with Crippen LogP contribution in [0, 0.1) is 0 Å². The van der Waals surface area contributed by atoms with Crippen molar-refractivity contribution in [2.75, 3.05) is 7.11 Å². The van der Waals surface area contributed by atoms with Crippen LogP contribution in [0.4, 0.5) is 0 Å². The third-order valence-electron chi connectivity index (χ3n) is 4.63. The molecule has 5 heteroatoms. The first-order chi connectivity index (χ1) is 12.4. The molecule has 3 aromatic rings. The van der Waals surface area contributed by atoms with Gasteiger partial charge >= 0.3 is 0 Å². The normalized spacial score (nSPS) is 12.8. The van der Waals surface area contributed by atoms with Gasteiger partial charge < -0.3 is 4.74 Å². The van der Waals surface area contributed by atoms with Crippen LogP contribution in [0.2, 0.25) is 0 Å². The molecule has 0 radical (unpaired) electrons. The molecule has 0 aliphatic heterocycles. The van der Waals surface area contributed by atoms with Gasteiger partial charge in [-0.1, -0.05) is 57.2 Å². The van der Waals surface area contributed by atoms with Gasteiger partial charge in [0.2, 0.25) is 0 Å². The van der Waals surface area contributed by atoms with Crippen molar-refractivity contribution in [2.45, 2.75) is 38.5 Å². The standard InChI is InChI=1S/C21H26N4O/c1-21(2,3)17-10-6-15(7-11-17)19(14-20-22-24-25(4)23-20)16-8-12-18(26-5)13-9-16/h6-13,19H,14H2,1-5H3. The summed E-state index contributed by atoms with van der Waals surface area (Å²) in [6.45, 7) is 6.69. The molecule has 0 N–H and O–H groups in total. The average Bonchev–Trinajstić information content (AvgIpc) is 3.04. The highest BCUT2D eigenvalue weighted by atomic mass is 16.5. The van der Waals surface area contributed by atoms with Crippen molar-refractivity contribution in [1.29, 1.82) is 0 Å². The molecule has 0 aliphatic carbocycles. The van der Waals surface area contributed by atoms with Crippen LogP contribution in [0.3, 0.4) is 0 Å². The molecular formula is C21H26N4O. The molecule has 26 heavy (non-hydrogen) atoms. The summed E-state index contributed by atoms with van der Waals surface area (Å²) in [6, 6.07) is 17.1. The second-order valence-electron chi connectivity index (χ2n) is 7.60. The smallest absolute Gasteiger partial charge is 0.175 e. The lowest BCUT2D eigenvalue weighted by molar-refractivity contribution is 0.414. The maximum atomic E-state index is 5.29. The molecule has 0 fully saturated rings. The Labute approximate surface area is 155 Å². The number of hydrogen-bond acceptors (Lipinski definition) is 4. The zero-order valence-electron chi connectivity index (χ0n) is 16.1. The van der Waals surface area contributed by atoms with Gasteiger partial charge in [0.25, 0.3) is 0 Å². The molecule has 1 atom stereocenters. The minimum absolute atomic E-state index is 0.139. The molecule has 136 valence electrons. The Morgan fingerprint density at radius 1 is 0.962 bits per heavy atom. The van der Waals surface area contributed by atoms with Gasteiger partial charge in [-0.2, -0.15) is 4.80 Å². The summed E-state index contributed by atoms with van der Waals surface area (Å²) in [5.41, 5.74) is 3.92. The van der Waals surface area contributed by atoms with E-state index in [0.717, 1.165) is 11.6 Å². The molecule has 0 amide bonds. The van der Waals surface area contributed by atoms with E-state index in [4.69, 9.17) is 4.74 Å². The molecular weight excluding hydrogens is 324 g/mol. The zero-order valence-corrected chi connectivity index (χ0v) is 16.1. The molecule has 0 bridgehead atoms. The number of nitrogens with zero attached hydrogens (tertiary/aromatic N) is 4. The summed E-state index contributed by atoms with van der Waals surface area (Å²) >= 11 is 0. The predicted octanol–water partition coefficient (Wildman–Crippen LogP) is 3.89. The molecule has 0 saturated carbocycles. The SMILES string of the molecule is COc1ccc(C(Cc2nnn(C)n2)c2ccc(C(C)(C)C)cc2)cc1. The molecule has 0 saturated heterocycles. The third-order valence-corrected chi connectivity index (χ3v) is 4.63. The van der Waals surface area contributed by atoms with E-state index in [2.05, 4.69) is 72.6 Å². The van der Waals surface area contributed by atoms with Gasteiger partial charge in [0.05, 0.1) is 14.2 Å². The summed E-state index contributed by atoms with van der Waals surface area (Å²) in [7, 11) is 3.47. The van der Waals surface area contributed by atoms with Crippen molar-refractivity contribution in [3.63, 3.8) is 0 Å². The van der Waals surface area contributed by atoms with Crippen molar-refractivity contribution < 1.29 is 4.74 Å². The molecule has 1 aromatic heterocycles. The maximum Gasteiger partial charge on any atom is 0.175 e. The Morgan fingerprint density at radius 3 is 2.00 bits per heavy atom. The third kappa shape index (κ3) is 4.10. The predicted molar refractivity (Wildman–Crippen MR) is 102 cm³/mol. The second-order valence-corrected chi connectivity index (χ2v) is 7.60. The monoisotopic (exact) mass is 350 g/mol. The van der Waals surface area contributed by atoms with Crippen molar-refractivity contribution in [3.05, 3.63) is 71.0 Å². The average molecular weight is 350 g/mol. The fourth-order valence-electron chi connectivity index (χ4n) is 3.07. The number of aromatic nitrogens is 4. The number of ether oxygens (including phenoxy) is 1. The van der Waals surface area contributed by atoms with E-state index in [0.29, 0.717) is 6.42 Å². The van der Waals surface area contributed by atoms with Gasteiger partial charge in [-0.05, 0) is 39.5 Å². The molecule has 3 rings (SSSR count). The lowest BCUT2D eigenvalue weighted by Crippen LogP contribution is -2.12. The van der Waals surface area contributed by atoms with E-state index in [1.807, 2.05) is 12.1 Å². The number of aryl methyl sites for hydroxylation is 1. The highest BCUT2D eigenvalue weighted by Crippen LogP contribution is 2.31. The van der Waals surface area contributed by atoms with E-state index in [1.54, 1.807) is 14.2 Å². The van der Waals surface area contributed by atoms with E-state index < -0.39 is 0 Å². The number of tetrazole rings is 1. The van der Waals surface area contributed by atoms with E-state index in [1.165, 1.54) is 21.5 Å². The highest BCUT2D eigenvalue weighted by Gasteiger charge is 2.19. The maximum absolute atomic E-state index is 5.29. The first-order valence-electron chi connectivity index (χ1n) is 8.84. The summed E-state index contributed by atoms with van der Waals surface area (Å²) in [6.07, 6.45) is 0.703. The second kappa shape index (κ2) is 7.28. The van der Waals surface area contributed by atoms with Crippen LogP contribution in [0.25, 0.3) is 0 Å². The van der Waals surface area contributed by atoms with E-state index in [-0.39, 0.29) is 11.3 Å². The van der Waals surface area contributed by atoms with E-state index in [9.17, 15) is 0 Å². The van der Waals surface area contributed by atoms with Gasteiger partial charge in [-0.25, -0.2) is 0 Å². The molecule has 5 nitrogen and oxygen atoms in total. The Hall–Kier alpha value is -2.69. The Morgan fingerprint density at radius 2 is 1.54 bits per heavy atom. The van der Waals surface area contributed by atoms with Gasteiger partial charge in [0, 0.05) is 12.3 Å². The summed E-state index contributed by atoms with van der Waals surface area (Å²) in [5.74, 6) is 1.76. The van der Waals surface area contributed by atoms with E-state index >= 15 is 0 Å². The number of methoxy groups -OCH3 is 1. The van der Waals surface area contributed by atoms with Crippen molar-refractivity contribution in [2.24, 2.45) is 7.05 Å². The van der Waals surface area contributed by atoms with Crippen LogP contribution in [0.15, 0.2) is 48.5 Å². The summed E-state index contributed by atoms with van der Waals surface area (Å²) in [4.78, 5) is 1.50. The Kier molecular flexibility index (Phi) is 5.07. The number of hydrogen-bond donors (Lipinski definition) is 0. The lowest BCUT2D eigenvalue weighted by atomic mass is 9.83. The van der Waals surface area contributed by atoms with Crippen molar-refractivity contribution >= 4 is 0 Å². The first kappa shape index (κ1) is 18.1. The molecule has 2 aromatic carbocycles. The van der Waals surface area contributed by atoms with Crippen molar-refractivity contribution in [1.82, 2.24) is 20.2 Å². The van der Waals surface area contributed by atoms with Crippen LogP contribution >= 0.6 is 0 Å². The highest BCUT2D eigenvalue weighted by molar-refractivity contribution is 5.38. The van der Waals surface area contributed by atoms with Gasteiger partial charge in [0.1, 0.15) is 5.75 Å². The Balaban J connectivity index is 1.96. The van der Waals surface area contributed by atoms with Crippen LogP contribution in [0.5, 0.6) is 5.75 Å². The van der Waals surface area contributed by atoms with Crippen molar-refractivity contribution in [3.8, 4) is 5.75 Å².